The number of nitrogen functional groups attached to an aromatic ring is 1. The monoisotopic (exact) mass is 285 g/mol. The van der Waals surface area contributed by atoms with Crippen LogP contribution in [0, 0.1) is 0 Å². The minimum Gasteiger partial charge on any atom is -0.384 e. The first-order chi connectivity index (χ1) is 9.05. The molecule has 2 heterocycles. The summed E-state index contributed by atoms with van der Waals surface area (Å²) in [5, 5.41) is 0.203. The Morgan fingerprint density at radius 1 is 1.37 bits per heavy atom. The average Bonchev–Trinajstić information content (AvgIpc) is 2.79. The molecule has 7 heteroatoms. The number of pyridine rings is 1. The first-order valence-corrected chi connectivity index (χ1v) is 6.21. The molecule has 2 unspecified atom stereocenters. The van der Waals surface area contributed by atoms with Crippen molar-refractivity contribution in [3.05, 3.63) is 22.8 Å². The topological polar surface area (TPSA) is 77.7 Å². The molecule has 2 atom stereocenters. The Bertz CT molecular complexity index is 451. The van der Waals surface area contributed by atoms with Gasteiger partial charge in [-0.25, -0.2) is 4.98 Å². The summed E-state index contributed by atoms with van der Waals surface area (Å²) in [6.45, 7) is 0.960. The molecule has 1 aromatic heterocycles. The number of aromatic nitrogens is 1. The number of nitrogens with two attached hydrogens (primary N) is 1. The number of rotatable bonds is 3. The zero-order valence-electron chi connectivity index (χ0n) is 10.8. The zero-order valence-corrected chi connectivity index (χ0v) is 11.6. The molecule has 19 heavy (non-hydrogen) atoms. The predicted octanol–water partition coefficient (Wildman–Crippen LogP) is 0.803. The van der Waals surface area contributed by atoms with E-state index in [1.165, 1.54) is 12.1 Å². The first-order valence-electron chi connectivity index (χ1n) is 5.83. The highest BCUT2D eigenvalue weighted by atomic mass is 35.5. The van der Waals surface area contributed by atoms with Gasteiger partial charge in [0.15, 0.2) is 0 Å². The summed E-state index contributed by atoms with van der Waals surface area (Å²) in [5.74, 6) is 0.0687. The van der Waals surface area contributed by atoms with E-state index in [2.05, 4.69) is 4.98 Å². The standard InChI is InChI=1S/C12H16ClN3O3/c1-18-8-5-16(6-9(8)19-2)12(17)7-3-10(13)15-11(14)4-7/h3-4,8-9H,5-6H2,1-2H3,(H2,14,15). The third kappa shape index (κ3) is 2.97. The van der Waals surface area contributed by atoms with Crippen LogP contribution in [0.25, 0.3) is 0 Å². The van der Waals surface area contributed by atoms with E-state index in [1.54, 1.807) is 19.1 Å². The number of anilines is 1. The van der Waals surface area contributed by atoms with Crippen LogP contribution in [-0.2, 0) is 9.47 Å². The number of hydrogen-bond donors (Lipinski definition) is 1. The smallest absolute Gasteiger partial charge is 0.254 e. The van der Waals surface area contributed by atoms with Gasteiger partial charge in [0.1, 0.15) is 23.2 Å². The van der Waals surface area contributed by atoms with Crippen molar-refractivity contribution in [3.63, 3.8) is 0 Å². The number of carbonyl (C=O) groups excluding carboxylic acids is 1. The van der Waals surface area contributed by atoms with Gasteiger partial charge in [-0.1, -0.05) is 11.6 Å². The zero-order chi connectivity index (χ0) is 14.0. The van der Waals surface area contributed by atoms with Gasteiger partial charge in [0, 0.05) is 32.9 Å². The van der Waals surface area contributed by atoms with Crippen LogP contribution in [0.4, 0.5) is 5.82 Å². The lowest BCUT2D eigenvalue weighted by Crippen LogP contribution is -2.30. The van der Waals surface area contributed by atoms with Crippen molar-refractivity contribution in [1.82, 2.24) is 9.88 Å². The quantitative estimate of drug-likeness (QED) is 0.831. The number of methoxy groups -OCH3 is 2. The molecule has 1 amide bonds. The second-order valence-electron chi connectivity index (χ2n) is 4.36. The Balaban J connectivity index is 2.16. The molecule has 0 spiro atoms. The maximum atomic E-state index is 12.3. The van der Waals surface area contributed by atoms with Gasteiger partial charge in [-0.2, -0.15) is 0 Å². The van der Waals surface area contributed by atoms with Crippen LogP contribution in [0.1, 0.15) is 10.4 Å². The Hall–Kier alpha value is -1.37. The van der Waals surface area contributed by atoms with Crippen LogP contribution in [0.2, 0.25) is 5.15 Å². The van der Waals surface area contributed by atoms with E-state index < -0.39 is 0 Å². The molecule has 0 bridgehead atoms. The molecular weight excluding hydrogens is 270 g/mol. The van der Waals surface area contributed by atoms with Crippen molar-refractivity contribution < 1.29 is 14.3 Å². The molecule has 1 saturated heterocycles. The molecule has 1 aliphatic rings. The molecule has 1 fully saturated rings. The van der Waals surface area contributed by atoms with Gasteiger partial charge < -0.3 is 20.1 Å². The van der Waals surface area contributed by atoms with E-state index in [1.807, 2.05) is 0 Å². The number of ether oxygens (including phenoxy) is 2. The molecule has 0 saturated carbocycles. The van der Waals surface area contributed by atoms with E-state index in [0.29, 0.717) is 18.7 Å². The maximum absolute atomic E-state index is 12.3. The van der Waals surface area contributed by atoms with Crippen LogP contribution in [-0.4, -0.2) is 55.3 Å². The molecule has 1 aromatic rings. The molecule has 0 aromatic carbocycles. The fraction of sp³-hybridized carbons (Fsp3) is 0.500. The van der Waals surface area contributed by atoms with E-state index in [9.17, 15) is 4.79 Å². The number of halogens is 1. The van der Waals surface area contributed by atoms with Gasteiger partial charge in [0.05, 0.1) is 0 Å². The van der Waals surface area contributed by atoms with Gasteiger partial charge in [-0.05, 0) is 12.1 Å². The number of nitrogens with zero attached hydrogens (tertiary/aromatic N) is 2. The van der Waals surface area contributed by atoms with E-state index in [4.69, 9.17) is 26.8 Å². The van der Waals surface area contributed by atoms with Crippen molar-refractivity contribution in [2.75, 3.05) is 33.0 Å². The van der Waals surface area contributed by atoms with Gasteiger partial charge in [0.2, 0.25) is 0 Å². The summed E-state index contributed by atoms with van der Waals surface area (Å²) < 4.78 is 10.6. The molecule has 1 aliphatic heterocycles. The van der Waals surface area contributed by atoms with Crippen molar-refractivity contribution >= 4 is 23.3 Å². The third-order valence-electron chi connectivity index (χ3n) is 3.17. The van der Waals surface area contributed by atoms with Crippen LogP contribution in [0.5, 0.6) is 0 Å². The van der Waals surface area contributed by atoms with E-state index in [0.717, 1.165) is 0 Å². The van der Waals surface area contributed by atoms with Crippen LogP contribution in [0.15, 0.2) is 12.1 Å². The number of carbonyl (C=O) groups is 1. The number of hydrogen-bond acceptors (Lipinski definition) is 5. The minimum absolute atomic E-state index is 0.122. The summed E-state index contributed by atoms with van der Waals surface area (Å²) in [5.41, 5.74) is 6.01. The SMILES string of the molecule is COC1CN(C(=O)c2cc(N)nc(Cl)c2)CC1OC. The van der Waals surface area contributed by atoms with Crippen molar-refractivity contribution in [1.29, 1.82) is 0 Å². The lowest BCUT2D eigenvalue weighted by Gasteiger charge is -2.16. The van der Waals surface area contributed by atoms with Gasteiger partial charge >= 0.3 is 0 Å². The molecule has 0 aliphatic carbocycles. The normalized spacial score (nSPS) is 22.8. The molecule has 2 rings (SSSR count). The Morgan fingerprint density at radius 3 is 2.42 bits per heavy atom. The average molecular weight is 286 g/mol. The lowest BCUT2D eigenvalue weighted by atomic mass is 10.2. The largest absolute Gasteiger partial charge is 0.384 e. The summed E-state index contributed by atoms with van der Waals surface area (Å²) >= 11 is 5.80. The van der Waals surface area contributed by atoms with E-state index >= 15 is 0 Å². The van der Waals surface area contributed by atoms with Crippen LogP contribution >= 0.6 is 11.6 Å². The molecule has 104 valence electrons. The van der Waals surface area contributed by atoms with Gasteiger partial charge in [-0.3, -0.25) is 4.79 Å². The Kier molecular flexibility index (Phi) is 4.24. The fourth-order valence-electron chi connectivity index (χ4n) is 2.19. The highest BCUT2D eigenvalue weighted by molar-refractivity contribution is 6.29. The molecule has 0 radical (unpaired) electrons. The van der Waals surface area contributed by atoms with Gasteiger partial charge in [0.25, 0.3) is 5.91 Å². The number of likely N-dealkylation sites (tertiary alicyclic amines) is 1. The predicted molar refractivity (Wildman–Crippen MR) is 71.2 cm³/mol. The van der Waals surface area contributed by atoms with Crippen LogP contribution in [0.3, 0.4) is 0 Å². The highest BCUT2D eigenvalue weighted by Crippen LogP contribution is 2.20. The summed E-state index contributed by atoms with van der Waals surface area (Å²) in [7, 11) is 3.21. The molecule has 6 nitrogen and oxygen atoms in total. The van der Waals surface area contributed by atoms with Crippen molar-refractivity contribution in [2.45, 2.75) is 12.2 Å². The second kappa shape index (κ2) is 5.73. The lowest BCUT2D eigenvalue weighted by molar-refractivity contribution is -0.00461. The third-order valence-corrected chi connectivity index (χ3v) is 3.36. The minimum atomic E-state index is -0.155. The maximum Gasteiger partial charge on any atom is 0.254 e. The summed E-state index contributed by atoms with van der Waals surface area (Å²) in [6.07, 6.45) is -0.243. The van der Waals surface area contributed by atoms with E-state index in [-0.39, 0.29) is 29.1 Å². The Morgan fingerprint density at radius 2 is 1.95 bits per heavy atom. The van der Waals surface area contributed by atoms with Crippen molar-refractivity contribution in [3.8, 4) is 0 Å². The second-order valence-corrected chi connectivity index (χ2v) is 4.75. The molecular formula is C12H16ClN3O3. The van der Waals surface area contributed by atoms with Gasteiger partial charge in [-0.15, -0.1) is 0 Å². The van der Waals surface area contributed by atoms with Crippen LogP contribution < -0.4 is 5.73 Å². The fourth-order valence-corrected chi connectivity index (χ4v) is 2.40. The first kappa shape index (κ1) is 14.0. The van der Waals surface area contributed by atoms with Crippen molar-refractivity contribution in [2.24, 2.45) is 0 Å². The molecule has 2 N–H and O–H groups in total. The summed E-state index contributed by atoms with van der Waals surface area (Å²) in [6, 6.07) is 3.01. The Labute approximate surface area is 116 Å². The number of amides is 1. The highest BCUT2D eigenvalue weighted by Gasteiger charge is 2.35. The summed E-state index contributed by atoms with van der Waals surface area (Å²) in [4.78, 5) is 17.8.